The fourth-order valence-electron chi connectivity index (χ4n) is 1.49. The quantitative estimate of drug-likeness (QED) is 0.562. The Balaban J connectivity index is 1.99. The maximum atomic E-state index is 11.8. The summed E-state index contributed by atoms with van der Waals surface area (Å²) in [5, 5.41) is 15.4. The molecular formula is C8H10N4O2S. The molecule has 1 aromatic rings. The highest BCUT2D eigenvalue weighted by atomic mass is 32.1. The minimum atomic E-state index is -0.0398. The summed E-state index contributed by atoms with van der Waals surface area (Å²) in [6.45, 7) is 1.19. The molecule has 0 saturated carbocycles. The Morgan fingerprint density at radius 1 is 1.53 bits per heavy atom. The summed E-state index contributed by atoms with van der Waals surface area (Å²) in [4.78, 5) is 14.1. The topological polar surface area (TPSA) is 78.7 Å². The van der Waals surface area contributed by atoms with Crippen molar-refractivity contribution in [1.29, 1.82) is 0 Å². The highest BCUT2D eigenvalue weighted by molar-refractivity contribution is 7.07. The van der Waals surface area contributed by atoms with Crippen LogP contribution in [-0.4, -0.2) is 44.4 Å². The van der Waals surface area contributed by atoms with Gasteiger partial charge in [0.15, 0.2) is 0 Å². The summed E-state index contributed by atoms with van der Waals surface area (Å²) in [7, 11) is 0. The molecular weight excluding hydrogens is 216 g/mol. The first-order valence-corrected chi connectivity index (χ1v) is 5.35. The van der Waals surface area contributed by atoms with Crippen LogP contribution in [0.3, 0.4) is 0 Å². The zero-order chi connectivity index (χ0) is 10.7. The van der Waals surface area contributed by atoms with Gasteiger partial charge in [0.25, 0.3) is 5.91 Å². The van der Waals surface area contributed by atoms with Crippen LogP contribution in [0, 0.1) is 0 Å². The number of hydrogen-bond donors (Lipinski definition) is 1. The van der Waals surface area contributed by atoms with E-state index in [2.05, 4.69) is 14.7 Å². The zero-order valence-electron chi connectivity index (χ0n) is 7.96. The molecule has 15 heavy (non-hydrogen) atoms. The van der Waals surface area contributed by atoms with Crippen LogP contribution in [0.1, 0.15) is 22.5 Å². The first-order valence-electron chi connectivity index (χ1n) is 4.57. The van der Waals surface area contributed by atoms with E-state index < -0.39 is 0 Å². The lowest BCUT2D eigenvalue weighted by atomic mass is 10.1. The number of aromatic nitrogens is 2. The summed E-state index contributed by atoms with van der Waals surface area (Å²) in [6, 6.07) is 0. The molecule has 2 heterocycles. The third-order valence-electron chi connectivity index (χ3n) is 2.34. The molecule has 80 valence electrons. The maximum Gasteiger partial charge on any atom is 0.267 e. The van der Waals surface area contributed by atoms with E-state index in [-0.39, 0.29) is 5.91 Å². The lowest BCUT2D eigenvalue weighted by Crippen LogP contribution is -2.38. The predicted molar refractivity (Wildman–Crippen MR) is 54.3 cm³/mol. The van der Waals surface area contributed by atoms with E-state index >= 15 is 0 Å². The molecule has 1 N–H and O–H groups in total. The van der Waals surface area contributed by atoms with Gasteiger partial charge in [-0.1, -0.05) is 9.64 Å². The summed E-state index contributed by atoms with van der Waals surface area (Å²) in [5.74, 6) is -0.0398. The number of nitrogens with zero attached hydrogens (tertiary/aromatic N) is 4. The monoisotopic (exact) mass is 226 g/mol. The van der Waals surface area contributed by atoms with Gasteiger partial charge in [-0.15, -0.1) is 5.10 Å². The molecule has 0 bridgehead atoms. The van der Waals surface area contributed by atoms with Gasteiger partial charge in [-0.05, 0) is 11.5 Å². The molecule has 0 spiro atoms. The Kier molecular flexibility index (Phi) is 2.91. The number of likely N-dealkylation sites (tertiary alicyclic amines) is 1. The highest BCUT2D eigenvalue weighted by Crippen LogP contribution is 2.13. The fraction of sp³-hybridized carbons (Fsp3) is 0.500. The standard InChI is InChI=1S/C8H10N4O2S/c13-8(7-5-9-11-15-7)12-3-1-6(10-14)2-4-12/h5,14H,1-4H2. The Labute approximate surface area is 90.4 Å². The van der Waals surface area contributed by atoms with Crippen LogP contribution < -0.4 is 0 Å². The minimum Gasteiger partial charge on any atom is -0.411 e. The molecule has 1 aromatic heterocycles. The number of amides is 1. The van der Waals surface area contributed by atoms with Crippen molar-refractivity contribution in [1.82, 2.24) is 14.5 Å². The summed E-state index contributed by atoms with van der Waals surface area (Å²) >= 11 is 1.10. The average Bonchev–Trinajstić information content (AvgIpc) is 2.82. The first kappa shape index (κ1) is 10.0. The van der Waals surface area contributed by atoms with Crippen molar-refractivity contribution in [3.05, 3.63) is 11.1 Å². The van der Waals surface area contributed by atoms with Crippen LogP contribution in [0.15, 0.2) is 11.4 Å². The van der Waals surface area contributed by atoms with Gasteiger partial charge in [-0.25, -0.2) is 0 Å². The maximum absolute atomic E-state index is 11.8. The van der Waals surface area contributed by atoms with Crippen LogP contribution in [0.2, 0.25) is 0 Å². The van der Waals surface area contributed by atoms with Gasteiger partial charge in [0.2, 0.25) is 0 Å². The highest BCUT2D eigenvalue weighted by Gasteiger charge is 2.22. The summed E-state index contributed by atoms with van der Waals surface area (Å²) in [5.41, 5.74) is 0.751. The van der Waals surface area contributed by atoms with Crippen molar-refractivity contribution in [3.8, 4) is 0 Å². The van der Waals surface area contributed by atoms with E-state index in [1.807, 2.05) is 0 Å². The predicted octanol–water partition coefficient (Wildman–Crippen LogP) is 0.604. The largest absolute Gasteiger partial charge is 0.411 e. The molecule has 6 nitrogen and oxygen atoms in total. The molecule has 1 aliphatic rings. The van der Waals surface area contributed by atoms with Crippen molar-refractivity contribution in [2.75, 3.05) is 13.1 Å². The normalized spacial score (nSPS) is 16.5. The van der Waals surface area contributed by atoms with Gasteiger partial charge in [0.05, 0.1) is 11.9 Å². The fourth-order valence-corrected chi connectivity index (χ4v) is 1.97. The number of carbonyl (C=O) groups excluding carboxylic acids is 1. The molecule has 2 rings (SSSR count). The first-order chi connectivity index (χ1) is 7.31. The average molecular weight is 226 g/mol. The molecule has 0 aliphatic carbocycles. The summed E-state index contributed by atoms with van der Waals surface area (Å²) in [6.07, 6.45) is 2.74. The number of piperidine rings is 1. The van der Waals surface area contributed by atoms with E-state index in [0.717, 1.165) is 17.2 Å². The van der Waals surface area contributed by atoms with Gasteiger partial charge in [-0.2, -0.15) is 0 Å². The molecule has 0 atom stereocenters. The number of hydrogen-bond acceptors (Lipinski definition) is 6. The molecule has 0 aromatic carbocycles. The molecule has 0 radical (unpaired) electrons. The second-order valence-corrected chi connectivity index (χ2v) is 4.03. The molecule has 1 fully saturated rings. The molecule has 1 aliphatic heterocycles. The SMILES string of the molecule is O=C(c1cnns1)N1CCC(=NO)CC1. The lowest BCUT2D eigenvalue weighted by molar-refractivity contribution is 0.0758. The van der Waals surface area contributed by atoms with Gasteiger partial charge in [0, 0.05) is 25.9 Å². The second-order valence-electron chi connectivity index (χ2n) is 3.24. The van der Waals surface area contributed by atoms with Crippen molar-refractivity contribution in [3.63, 3.8) is 0 Å². The Morgan fingerprint density at radius 3 is 2.80 bits per heavy atom. The van der Waals surface area contributed by atoms with E-state index in [1.54, 1.807) is 4.90 Å². The third kappa shape index (κ3) is 2.12. The van der Waals surface area contributed by atoms with Crippen molar-refractivity contribution in [2.24, 2.45) is 5.16 Å². The Bertz CT molecular complexity index is 366. The number of oxime groups is 1. The van der Waals surface area contributed by atoms with Crippen molar-refractivity contribution in [2.45, 2.75) is 12.8 Å². The van der Waals surface area contributed by atoms with Gasteiger partial charge in [-0.3, -0.25) is 4.79 Å². The van der Waals surface area contributed by atoms with E-state index in [4.69, 9.17) is 5.21 Å². The lowest BCUT2D eigenvalue weighted by Gasteiger charge is -2.26. The molecule has 1 saturated heterocycles. The molecule has 7 heteroatoms. The van der Waals surface area contributed by atoms with Crippen LogP contribution in [0.4, 0.5) is 0 Å². The van der Waals surface area contributed by atoms with Gasteiger partial charge in [0.1, 0.15) is 4.88 Å². The van der Waals surface area contributed by atoms with Crippen LogP contribution in [-0.2, 0) is 0 Å². The van der Waals surface area contributed by atoms with Crippen LogP contribution >= 0.6 is 11.5 Å². The zero-order valence-corrected chi connectivity index (χ0v) is 8.77. The molecule has 0 unspecified atom stereocenters. The number of carbonyl (C=O) groups is 1. The van der Waals surface area contributed by atoms with Gasteiger partial charge >= 0.3 is 0 Å². The van der Waals surface area contributed by atoms with E-state index in [1.165, 1.54) is 6.20 Å². The molecule has 1 amide bonds. The van der Waals surface area contributed by atoms with E-state index in [0.29, 0.717) is 30.8 Å². The Morgan fingerprint density at radius 2 is 2.27 bits per heavy atom. The van der Waals surface area contributed by atoms with Crippen LogP contribution in [0.25, 0.3) is 0 Å². The van der Waals surface area contributed by atoms with Gasteiger partial charge < -0.3 is 10.1 Å². The summed E-state index contributed by atoms with van der Waals surface area (Å²) < 4.78 is 3.65. The van der Waals surface area contributed by atoms with Crippen molar-refractivity contribution < 1.29 is 10.0 Å². The second kappa shape index (κ2) is 4.35. The Hall–Kier alpha value is -1.50. The van der Waals surface area contributed by atoms with Crippen molar-refractivity contribution >= 4 is 23.2 Å². The number of rotatable bonds is 1. The smallest absolute Gasteiger partial charge is 0.267 e. The van der Waals surface area contributed by atoms with Crippen LogP contribution in [0.5, 0.6) is 0 Å². The van der Waals surface area contributed by atoms with E-state index in [9.17, 15) is 4.79 Å². The minimum absolute atomic E-state index is 0.0398. The third-order valence-corrected chi connectivity index (χ3v) is 2.99.